The highest BCUT2D eigenvalue weighted by Crippen LogP contribution is 2.42. The van der Waals surface area contributed by atoms with Crippen molar-refractivity contribution >= 4 is 11.0 Å². The summed E-state index contributed by atoms with van der Waals surface area (Å²) in [6, 6.07) is 7.09. The van der Waals surface area contributed by atoms with E-state index >= 15 is 0 Å². The molecule has 320 valence electrons. The van der Waals surface area contributed by atoms with E-state index < -0.39 is 121 Å². The first kappa shape index (κ1) is 43.6. The van der Waals surface area contributed by atoms with Crippen molar-refractivity contribution in [2.75, 3.05) is 20.3 Å². The van der Waals surface area contributed by atoms with Gasteiger partial charge in [0.15, 0.2) is 18.2 Å². The quantitative estimate of drug-likeness (QED) is 0.0841. The average Bonchev–Trinajstić information content (AvgIpc) is 3.21. The molecule has 58 heavy (non-hydrogen) atoms. The Morgan fingerprint density at radius 1 is 0.724 bits per heavy atom. The predicted molar refractivity (Wildman–Crippen MR) is 195 cm³/mol. The molecule has 1 aromatic heterocycles. The molecule has 15 unspecified atom stereocenters. The Hall–Kier alpha value is -3.97. The van der Waals surface area contributed by atoms with Gasteiger partial charge in [-0.3, -0.25) is 4.79 Å². The van der Waals surface area contributed by atoms with E-state index in [4.69, 9.17) is 37.6 Å². The summed E-state index contributed by atoms with van der Waals surface area (Å²) >= 11 is 0. The molecule has 20 heteroatoms. The highest BCUT2D eigenvalue weighted by Gasteiger charge is 2.51. The largest absolute Gasteiger partial charge is 0.507 e. The lowest BCUT2D eigenvalue weighted by molar-refractivity contribution is -0.352. The van der Waals surface area contributed by atoms with Crippen LogP contribution in [-0.4, -0.2) is 169 Å². The molecule has 2 aromatic carbocycles. The highest BCUT2D eigenvalue weighted by molar-refractivity contribution is 5.91. The van der Waals surface area contributed by atoms with Gasteiger partial charge in [0, 0.05) is 17.2 Å². The Labute approximate surface area is 329 Å². The van der Waals surface area contributed by atoms with Gasteiger partial charge in [0.25, 0.3) is 0 Å². The summed E-state index contributed by atoms with van der Waals surface area (Å²) in [6.07, 6.45) is -21.6. The standard InChI is InChI=1S/C38H48O20/c1-14-23(42)27(46)30(49)36(52-14)58-35-29(48)24(43)15(2)53-38(35)57-34-26(45)22-19(41)12-20(54-37-31(50)28(47)25(44)21(13-40)55-37)18(6-4-5-11-39)33(22)56-32(34)16-7-9-17(51-3)10-8-16/h4-5,7-10,12,14-15,21,23-25,27-31,35-44,46-50H,6,11,13H2,1-3H3. The fourth-order valence-corrected chi connectivity index (χ4v) is 6.90. The number of allylic oxidation sites excluding steroid dienone is 1. The minimum Gasteiger partial charge on any atom is -0.507 e. The van der Waals surface area contributed by atoms with Crippen LogP contribution in [0.3, 0.4) is 0 Å². The van der Waals surface area contributed by atoms with E-state index in [1.165, 1.54) is 57.4 Å². The van der Waals surface area contributed by atoms with Crippen molar-refractivity contribution in [1.82, 2.24) is 0 Å². The zero-order valence-electron chi connectivity index (χ0n) is 31.4. The Kier molecular flexibility index (Phi) is 13.6. The third kappa shape index (κ3) is 8.40. The number of aliphatic hydroxyl groups is 10. The monoisotopic (exact) mass is 824 g/mol. The zero-order valence-corrected chi connectivity index (χ0v) is 31.4. The molecule has 0 bridgehead atoms. The molecule has 6 rings (SSSR count). The zero-order chi connectivity index (χ0) is 42.2. The summed E-state index contributed by atoms with van der Waals surface area (Å²) in [6.45, 7) is 1.66. The van der Waals surface area contributed by atoms with Crippen LogP contribution in [0.4, 0.5) is 0 Å². The smallest absolute Gasteiger partial charge is 0.239 e. The first-order chi connectivity index (χ1) is 27.6. The maximum Gasteiger partial charge on any atom is 0.239 e. The molecular weight excluding hydrogens is 776 g/mol. The van der Waals surface area contributed by atoms with Crippen molar-refractivity contribution in [3.05, 3.63) is 58.3 Å². The predicted octanol–water partition coefficient (Wildman–Crippen LogP) is -2.50. The van der Waals surface area contributed by atoms with E-state index in [1.54, 1.807) is 0 Å². The molecule has 3 saturated heterocycles. The van der Waals surface area contributed by atoms with Gasteiger partial charge in [-0.05, 0) is 44.5 Å². The maximum atomic E-state index is 14.7. The van der Waals surface area contributed by atoms with Crippen molar-refractivity contribution in [3.63, 3.8) is 0 Å². The molecule has 0 radical (unpaired) electrons. The van der Waals surface area contributed by atoms with E-state index in [-0.39, 0.29) is 41.2 Å². The average molecular weight is 825 g/mol. The summed E-state index contributed by atoms with van der Waals surface area (Å²) in [4.78, 5) is 14.7. The Morgan fingerprint density at radius 2 is 1.34 bits per heavy atom. The Bertz CT molecular complexity index is 1950. The van der Waals surface area contributed by atoms with Crippen LogP contribution < -0.4 is 19.6 Å². The number of methoxy groups -OCH3 is 1. The number of phenols is 1. The van der Waals surface area contributed by atoms with E-state index in [0.717, 1.165) is 6.07 Å². The van der Waals surface area contributed by atoms with Crippen molar-refractivity contribution in [2.24, 2.45) is 0 Å². The van der Waals surface area contributed by atoms with Gasteiger partial charge in [0.2, 0.25) is 23.8 Å². The summed E-state index contributed by atoms with van der Waals surface area (Å²) < 4.78 is 46.6. The van der Waals surface area contributed by atoms with E-state index in [0.29, 0.717) is 5.75 Å². The first-order valence-corrected chi connectivity index (χ1v) is 18.4. The maximum absolute atomic E-state index is 14.7. The number of benzene rings is 2. The third-order valence-corrected chi connectivity index (χ3v) is 10.3. The molecule has 15 atom stereocenters. The van der Waals surface area contributed by atoms with Crippen molar-refractivity contribution in [2.45, 2.75) is 112 Å². The van der Waals surface area contributed by atoms with Crippen LogP contribution in [0.5, 0.6) is 23.0 Å². The number of hydrogen-bond acceptors (Lipinski definition) is 20. The van der Waals surface area contributed by atoms with Crippen LogP contribution in [0.1, 0.15) is 19.4 Å². The van der Waals surface area contributed by atoms with Crippen LogP contribution in [-0.2, 0) is 25.4 Å². The second-order valence-corrected chi connectivity index (χ2v) is 14.2. The summed E-state index contributed by atoms with van der Waals surface area (Å²) in [5.74, 6) is -1.45. The number of aliphatic hydroxyl groups excluding tert-OH is 10. The molecule has 4 heterocycles. The highest BCUT2D eigenvalue weighted by atomic mass is 16.8. The lowest BCUT2D eigenvalue weighted by Crippen LogP contribution is -2.63. The van der Waals surface area contributed by atoms with Gasteiger partial charge < -0.3 is 93.7 Å². The summed E-state index contributed by atoms with van der Waals surface area (Å²) in [5, 5.41) is 115. The van der Waals surface area contributed by atoms with E-state index in [9.17, 15) is 61.0 Å². The van der Waals surface area contributed by atoms with Crippen LogP contribution in [0.15, 0.2) is 51.7 Å². The molecule has 0 aliphatic carbocycles. The molecule has 11 N–H and O–H groups in total. The molecule has 3 aliphatic rings. The molecule has 0 spiro atoms. The van der Waals surface area contributed by atoms with Crippen molar-refractivity contribution in [1.29, 1.82) is 0 Å². The minimum absolute atomic E-state index is 0.0495. The fourth-order valence-electron chi connectivity index (χ4n) is 6.90. The first-order valence-electron chi connectivity index (χ1n) is 18.4. The topological polar surface area (TPSA) is 317 Å². The lowest BCUT2D eigenvalue weighted by Gasteiger charge is -2.45. The van der Waals surface area contributed by atoms with Crippen LogP contribution in [0.25, 0.3) is 22.3 Å². The summed E-state index contributed by atoms with van der Waals surface area (Å²) in [5.41, 5.74) is -1.04. The van der Waals surface area contributed by atoms with E-state index in [1.807, 2.05) is 0 Å². The SMILES string of the molecule is COc1ccc(-c2oc3c(CC=CCO)c(OC4OC(CO)C(O)C(O)C4O)cc(O)c3c(=O)c2OC2OC(C)C(O)C(O)C2OC2OC(C)C(O)C(O)C2O)cc1. The van der Waals surface area contributed by atoms with Gasteiger partial charge in [-0.25, -0.2) is 0 Å². The molecule has 0 saturated carbocycles. The molecule has 0 amide bonds. The molecule has 3 fully saturated rings. The van der Waals surface area contributed by atoms with Crippen LogP contribution >= 0.6 is 0 Å². The van der Waals surface area contributed by atoms with Gasteiger partial charge in [0.1, 0.15) is 83.2 Å². The van der Waals surface area contributed by atoms with Gasteiger partial charge in [-0.2, -0.15) is 0 Å². The third-order valence-electron chi connectivity index (χ3n) is 10.3. The second kappa shape index (κ2) is 18.1. The Balaban J connectivity index is 1.50. The lowest BCUT2D eigenvalue weighted by atomic mass is 9.98. The number of hydrogen-bond donors (Lipinski definition) is 11. The van der Waals surface area contributed by atoms with Gasteiger partial charge >= 0.3 is 0 Å². The van der Waals surface area contributed by atoms with E-state index in [2.05, 4.69) is 0 Å². The van der Waals surface area contributed by atoms with Gasteiger partial charge in [-0.15, -0.1) is 0 Å². The van der Waals surface area contributed by atoms with Crippen molar-refractivity contribution < 1.29 is 93.7 Å². The van der Waals surface area contributed by atoms with Crippen LogP contribution in [0, 0.1) is 0 Å². The van der Waals surface area contributed by atoms with Crippen molar-refractivity contribution in [3.8, 4) is 34.3 Å². The number of aromatic hydroxyl groups is 1. The molecule has 20 nitrogen and oxygen atoms in total. The van der Waals surface area contributed by atoms with Gasteiger partial charge in [0.05, 0.1) is 32.5 Å². The van der Waals surface area contributed by atoms with Gasteiger partial charge in [-0.1, -0.05) is 12.2 Å². The number of rotatable bonds is 12. The number of ether oxygens (including phenoxy) is 7. The number of phenolic OH excluding ortho intramolecular Hbond substituents is 1. The molecular formula is C38H48O20. The second-order valence-electron chi connectivity index (χ2n) is 14.2. The minimum atomic E-state index is -1.85. The summed E-state index contributed by atoms with van der Waals surface area (Å²) in [7, 11) is 1.43. The molecule has 3 aromatic rings. The fraction of sp³-hybridized carbons (Fsp3) is 0.553. The Morgan fingerprint density at radius 3 is 1.98 bits per heavy atom. The van der Waals surface area contributed by atoms with Crippen LogP contribution in [0.2, 0.25) is 0 Å². The molecule has 3 aliphatic heterocycles. The number of fused-ring (bicyclic) bond motifs is 1. The normalized spacial score (nSPS) is 35.6.